The molecule has 0 aliphatic carbocycles. The highest BCUT2D eigenvalue weighted by Crippen LogP contribution is 2.25. The topological polar surface area (TPSA) is 64.1 Å². The number of hydrogen-bond acceptors (Lipinski definition) is 5. The highest BCUT2D eigenvalue weighted by atomic mass is 32.2. The standard InChI is InChI=1S/C25H22FN3O2S/c1-2-31-20-13-11-19(12-14-20)27-24(30)16-32-25-23(15-17-7-9-18(26)10-8-17)28-21-5-3-4-6-22(21)29-25/h3-14H,2,15-16H2,1H3,(H,27,30). The molecule has 3 aromatic carbocycles. The van der Waals surface area contributed by atoms with Crippen molar-refractivity contribution in [2.45, 2.75) is 18.4 Å². The third kappa shape index (κ3) is 5.62. The van der Waals surface area contributed by atoms with E-state index in [0.717, 1.165) is 28.0 Å². The maximum absolute atomic E-state index is 13.3. The second kappa shape index (κ2) is 10.2. The number of amides is 1. The number of thioether (sulfide) groups is 1. The first-order chi connectivity index (χ1) is 15.6. The van der Waals surface area contributed by atoms with Crippen molar-refractivity contribution in [3.8, 4) is 5.75 Å². The Kier molecular flexibility index (Phi) is 6.97. The van der Waals surface area contributed by atoms with Crippen molar-refractivity contribution in [1.29, 1.82) is 0 Å². The number of carbonyl (C=O) groups is 1. The molecule has 0 unspecified atom stereocenters. The Morgan fingerprint density at radius 3 is 2.34 bits per heavy atom. The third-order valence-corrected chi connectivity index (χ3v) is 5.69. The number of halogens is 1. The van der Waals surface area contributed by atoms with Crippen LogP contribution in [0.3, 0.4) is 0 Å². The van der Waals surface area contributed by atoms with Crippen LogP contribution in [0.1, 0.15) is 18.2 Å². The van der Waals surface area contributed by atoms with Crippen LogP contribution in [0.15, 0.2) is 77.8 Å². The lowest BCUT2D eigenvalue weighted by molar-refractivity contribution is -0.113. The maximum atomic E-state index is 13.3. The van der Waals surface area contributed by atoms with Gasteiger partial charge >= 0.3 is 0 Å². The van der Waals surface area contributed by atoms with Crippen LogP contribution in [0.5, 0.6) is 5.75 Å². The number of nitrogens with one attached hydrogen (secondary N) is 1. The van der Waals surface area contributed by atoms with Crippen molar-refractivity contribution < 1.29 is 13.9 Å². The van der Waals surface area contributed by atoms with Gasteiger partial charge in [0, 0.05) is 12.1 Å². The zero-order valence-electron chi connectivity index (χ0n) is 17.5. The molecule has 0 saturated carbocycles. The van der Waals surface area contributed by atoms with Gasteiger partial charge < -0.3 is 10.1 Å². The van der Waals surface area contributed by atoms with Gasteiger partial charge in [-0.25, -0.2) is 14.4 Å². The van der Waals surface area contributed by atoms with E-state index < -0.39 is 0 Å². The summed E-state index contributed by atoms with van der Waals surface area (Å²) in [4.78, 5) is 22.0. The molecule has 4 rings (SSSR count). The third-order valence-electron chi connectivity index (χ3n) is 4.68. The van der Waals surface area contributed by atoms with E-state index >= 15 is 0 Å². The molecule has 0 fully saturated rings. The second-order valence-electron chi connectivity index (χ2n) is 7.06. The van der Waals surface area contributed by atoms with E-state index in [1.165, 1.54) is 23.9 Å². The van der Waals surface area contributed by atoms with Gasteiger partial charge in [0.25, 0.3) is 0 Å². The highest BCUT2D eigenvalue weighted by Gasteiger charge is 2.13. The molecule has 7 heteroatoms. The fourth-order valence-corrected chi connectivity index (χ4v) is 3.97. The summed E-state index contributed by atoms with van der Waals surface area (Å²) in [5.74, 6) is 0.536. The minimum atomic E-state index is -0.279. The molecule has 5 nitrogen and oxygen atoms in total. The number of hydrogen-bond donors (Lipinski definition) is 1. The van der Waals surface area contributed by atoms with Crippen LogP contribution in [0, 0.1) is 5.82 Å². The largest absolute Gasteiger partial charge is 0.494 e. The summed E-state index contributed by atoms with van der Waals surface area (Å²) in [6.45, 7) is 2.52. The minimum Gasteiger partial charge on any atom is -0.494 e. The van der Waals surface area contributed by atoms with E-state index in [9.17, 15) is 9.18 Å². The van der Waals surface area contributed by atoms with E-state index in [1.54, 1.807) is 12.1 Å². The molecule has 0 atom stereocenters. The number of para-hydroxylation sites is 2. The summed E-state index contributed by atoms with van der Waals surface area (Å²) in [5, 5.41) is 3.58. The van der Waals surface area contributed by atoms with Crippen LogP contribution in [0.2, 0.25) is 0 Å². The molecule has 0 radical (unpaired) electrons. The van der Waals surface area contributed by atoms with Gasteiger partial charge in [-0.05, 0) is 61.0 Å². The van der Waals surface area contributed by atoms with Crippen molar-refractivity contribution in [3.63, 3.8) is 0 Å². The molecule has 0 bridgehead atoms. The monoisotopic (exact) mass is 447 g/mol. The molecule has 162 valence electrons. The van der Waals surface area contributed by atoms with Gasteiger partial charge in [-0.2, -0.15) is 0 Å². The molecule has 4 aromatic rings. The summed E-state index contributed by atoms with van der Waals surface area (Å²) in [5.41, 5.74) is 3.94. The number of nitrogens with zero attached hydrogens (tertiary/aromatic N) is 2. The summed E-state index contributed by atoms with van der Waals surface area (Å²) in [6, 6.07) is 21.2. The number of benzene rings is 3. The Hall–Kier alpha value is -3.45. The molecule has 32 heavy (non-hydrogen) atoms. The molecule has 0 saturated heterocycles. The van der Waals surface area contributed by atoms with Gasteiger partial charge in [0.2, 0.25) is 5.91 Å². The van der Waals surface area contributed by atoms with Crippen LogP contribution >= 0.6 is 11.8 Å². The predicted octanol–water partition coefficient (Wildman–Crippen LogP) is 5.49. The van der Waals surface area contributed by atoms with Gasteiger partial charge in [0.05, 0.1) is 29.1 Å². The number of carbonyl (C=O) groups excluding carboxylic acids is 1. The number of aromatic nitrogens is 2. The van der Waals surface area contributed by atoms with Gasteiger partial charge in [-0.15, -0.1) is 0 Å². The minimum absolute atomic E-state index is 0.137. The predicted molar refractivity (Wildman–Crippen MR) is 126 cm³/mol. The first-order valence-corrected chi connectivity index (χ1v) is 11.2. The molecule has 0 spiro atoms. The van der Waals surface area contributed by atoms with Crippen molar-refractivity contribution in [2.24, 2.45) is 0 Å². The molecule has 0 aliphatic rings. The van der Waals surface area contributed by atoms with Crippen molar-refractivity contribution in [3.05, 3.63) is 89.9 Å². The van der Waals surface area contributed by atoms with E-state index in [1.807, 2.05) is 55.5 Å². The zero-order chi connectivity index (χ0) is 22.3. The van der Waals surface area contributed by atoms with Crippen molar-refractivity contribution >= 4 is 34.4 Å². The number of anilines is 1. The maximum Gasteiger partial charge on any atom is 0.234 e. The average molecular weight is 448 g/mol. The van der Waals surface area contributed by atoms with Crippen LogP contribution < -0.4 is 10.1 Å². The van der Waals surface area contributed by atoms with E-state index in [0.29, 0.717) is 23.7 Å². The molecule has 1 aromatic heterocycles. The van der Waals surface area contributed by atoms with Crippen LogP contribution in [-0.2, 0) is 11.2 Å². The molecular formula is C25H22FN3O2S. The summed E-state index contributed by atoms with van der Waals surface area (Å²) in [7, 11) is 0. The number of fused-ring (bicyclic) bond motifs is 1. The second-order valence-corrected chi connectivity index (χ2v) is 8.03. The summed E-state index contributed by atoms with van der Waals surface area (Å²) >= 11 is 1.34. The normalized spacial score (nSPS) is 10.8. The van der Waals surface area contributed by atoms with Crippen LogP contribution in [0.25, 0.3) is 11.0 Å². The van der Waals surface area contributed by atoms with Crippen LogP contribution in [-0.4, -0.2) is 28.2 Å². The summed E-state index contributed by atoms with van der Waals surface area (Å²) < 4.78 is 18.7. The highest BCUT2D eigenvalue weighted by molar-refractivity contribution is 8.00. The van der Waals surface area contributed by atoms with E-state index in [-0.39, 0.29) is 17.5 Å². The average Bonchev–Trinajstić information content (AvgIpc) is 2.80. The van der Waals surface area contributed by atoms with Gasteiger partial charge in [-0.1, -0.05) is 36.0 Å². The van der Waals surface area contributed by atoms with Crippen LogP contribution in [0.4, 0.5) is 10.1 Å². The lowest BCUT2D eigenvalue weighted by Gasteiger charge is -2.10. The quantitative estimate of drug-likeness (QED) is 0.362. The van der Waals surface area contributed by atoms with Crippen molar-refractivity contribution in [1.82, 2.24) is 9.97 Å². The first kappa shape index (κ1) is 21.8. The number of ether oxygens (including phenoxy) is 1. The lowest BCUT2D eigenvalue weighted by Crippen LogP contribution is -2.14. The molecule has 1 heterocycles. The molecule has 1 amide bonds. The fraction of sp³-hybridized carbons (Fsp3) is 0.160. The first-order valence-electron chi connectivity index (χ1n) is 10.3. The molecule has 0 aliphatic heterocycles. The smallest absolute Gasteiger partial charge is 0.234 e. The van der Waals surface area contributed by atoms with Gasteiger partial charge in [0.15, 0.2) is 0 Å². The van der Waals surface area contributed by atoms with Gasteiger partial charge in [-0.3, -0.25) is 4.79 Å². The SMILES string of the molecule is CCOc1ccc(NC(=O)CSc2nc3ccccc3nc2Cc2ccc(F)cc2)cc1. The zero-order valence-corrected chi connectivity index (χ0v) is 18.4. The Labute approximate surface area is 190 Å². The van der Waals surface area contributed by atoms with Crippen molar-refractivity contribution in [2.75, 3.05) is 17.7 Å². The Morgan fingerprint density at radius 2 is 1.66 bits per heavy atom. The molecule has 1 N–H and O–H groups in total. The van der Waals surface area contributed by atoms with E-state index in [2.05, 4.69) is 5.32 Å². The Bertz CT molecular complexity index is 1210. The number of rotatable bonds is 8. The Balaban J connectivity index is 1.49. The van der Waals surface area contributed by atoms with Gasteiger partial charge in [0.1, 0.15) is 16.6 Å². The fourth-order valence-electron chi connectivity index (χ4n) is 3.18. The molecular weight excluding hydrogens is 425 g/mol. The lowest BCUT2D eigenvalue weighted by atomic mass is 10.1. The summed E-state index contributed by atoms with van der Waals surface area (Å²) in [6.07, 6.45) is 0.501. The Morgan fingerprint density at radius 1 is 0.969 bits per heavy atom. The van der Waals surface area contributed by atoms with E-state index in [4.69, 9.17) is 14.7 Å².